The lowest BCUT2D eigenvalue weighted by Gasteiger charge is -2.17. The Bertz CT molecular complexity index is 602. The van der Waals surface area contributed by atoms with Crippen LogP contribution in [0.2, 0.25) is 0 Å². The molecule has 104 valence electrons. The van der Waals surface area contributed by atoms with Gasteiger partial charge in [-0.15, -0.1) is 0 Å². The fourth-order valence-corrected chi connectivity index (χ4v) is 1.68. The highest BCUT2D eigenvalue weighted by atomic mass is 16.5. The van der Waals surface area contributed by atoms with E-state index in [1.54, 1.807) is 11.9 Å². The van der Waals surface area contributed by atoms with Crippen molar-refractivity contribution in [3.63, 3.8) is 0 Å². The molecule has 0 fully saturated rings. The van der Waals surface area contributed by atoms with Gasteiger partial charge in [0.1, 0.15) is 12.4 Å². The Hall–Kier alpha value is -2.56. The summed E-state index contributed by atoms with van der Waals surface area (Å²) in [7, 11) is 1.70. The first-order chi connectivity index (χ1) is 9.66. The number of para-hydroxylation sites is 1. The normalized spacial score (nSPS) is 10.1. The van der Waals surface area contributed by atoms with Crippen LogP contribution in [0.15, 0.2) is 53.5 Å². The number of carbonyl (C=O) groups is 1. The lowest BCUT2D eigenvalue weighted by molar-refractivity contribution is 0.0773. The lowest BCUT2D eigenvalue weighted by atomic mass is 10.2. The molecule has 0 spiro atoms. The van der Waals surface area contributed by atoms with Crippen LogP contribution in [0.4, 0.5) is 0 Å². The molecule has 20 heavy (non-hydrogen) atoms. The second kappa shape index (κ2) is 6.56. The number of nitrogens with zero attached hydrogens (tertiary/aromatic N) is 1. The maximum absolute atomic E-state index is 12.0. The summed E-state index contributed by atoms with van der Waals surface area (Å²) >= 11 is 0. The summed E-state index contributed by atoms with van der Waals surface area (Å²) in [4.78, 5) is 27.0. The predicted molar refractivity (Wildman–Crippen MR) is 76.0 cm³/mol. The molecular formula is C15H16N2O3. The minimum atomic E-state index is -0.225. The maximum Gasteiger partial charge on any atom is 0.255 e. The van der Waals surface area contributed by atoms with E-state index in [-0.39, 0.29) is 11.5 Å². The van der Waals surface area contributed by atoms with Crippen LogP contribution in [-0.2, 0) is 0 Å². The van der Waals surface area contributed by atoms with Crippen molar-refractivity contribution in [3.8, 4) is 5.75 Å². The second-order valence-electron chi connectivity index (χ2n) is 4.33. The van der Waals surface area contributed by atoms with Gasteiger partial charge in [-0.05, 0) is 18.2 Å². The van der Waals surface area contributed by atoms with E-state index in [0.29, 0.717) is 18.7 Å². The van der Waals surface area contributed by atoms with Crippen molar-refractivity contribution >= 4 is 5.91 Å². The Kier molecular flexibility index (Phi) is 4.55. The highest BCUT2D eigenvalue weighted by Gasteiger charge is 2.11. The van der Waals surface area contributed by atoms with Gasteiger partial charge in [0.15, 0.2) is 0 Å². The van der Waals surface area contributed by atoms with Crippen LogP contribution < -0.4 is 10.3 Å². The zero-order valence-corrected chi connectivity index (χ0v) is 11.2. The molecule has 0 aliphatic carbocycles. The van der Waals surface area contributed by atoms with Gasteiger partial charge in [0, 0.05) is 19.3 Å². The number of pyridine rings is 1. The first-order valence-electron chi connectivity index (χ1n) is 6.29. The summed E-state index contributed by atoms with van der Waals surface area (Å²) in [6, 6.07) is 12.3. The Balaban J connectivity index is 1.85. The van der Waals surface area contributed by atoms with Crippen molar-refractivity contribution < 1.29 is 9.53 Å². The molecule has 5 heteroatoms. The largest absolute Gasteiger partial charge is 0.492 e. The second-order valence-corrected chi connectivity index (χ2v) is 4.33. The number of hydrogen-bond acceptors (Lipinski definition) is 3. The smallest absolute Gasteiger partial charge is 0.255 e. The molecule has 0 atom stereocenters. The van der Waals surface area contributed by atoms with E-state index in [1.807, 2.05) is 30.3 Å². The number of rotatable bonds is 5. The van der Waals surface area contributed by atoms with Crippen LogP contribution in [0.1, 0.15) is 10.4 Å². The average Bonchev–Trinajstić information content (AvgIpc) is 2.48. The lowest BCUT2D eigenvalue weighted by Crippen LogP contribution is -2.31. The summed E-state index contributed by atoms with van der Waals surface area (Å²) in [6.45, 7) is 0.877. The van der Waals surface area contributed by atoms with Crippen molar-refractivity contribution in [1.29, 1.82) is 0 Å². The number of H-pyrrole nitrogens is 1. The number of likely N-dealkylation sites (N-methyl/N-ethyl adjacent to an activating group) is 1. The summed E-state index contributed by atoms with van der Waals surface area (Å²) in [5, 5.41) is 0. The van der Waals surface area contributed by atoms with Gasteiger partial charge in [-0.25, -0.2) is 0 Å². The molecule has 1 heterocycles. The van der Waals surface area contributed by atoms with Crippen molar-refractivity contribution in [1.82, 2.24) is 9.88 Å². The Labute approximate surface area is 116 Å². The SMILES string of the molecule is CN(CCOc1ccccc1)C(=O)c1ccc(=O)[nH]c1. The molecule has 0 aliphatic rings. The summed E-state index contributed by atoms with van der Waals surface area (Å²) < 4.78 is 5.53. The van der Waals surface area contributed by atoms with Gasteiger partial charge in [0.2, 0.25) is 5.56 Å². The van der Waals surface area contributed by atoms with Crippen LogP contribution in [-0.4, -0.2) is 36.0 Å². The maximum atomic E-state index is 12.0. The Morgan fingerprint density at radius 2 is 1.95 bits per heavy atom. The van der Waals surface area contributed by atoms with E-state index in [9.17, 15) is 9.59 Å². The molecule has 1 aromatic heterocycles. The fraction of sp³-hybridized carbons (Fsp3) is 0.200. The van der Waals surface area contributed by atoms with Gasteiger partial charge in [0.25, 0.3) is 5.91 Å². The topological polar surface area (TPSA) is 62.4 Å². The third-order valence-corrected chi connectivity index (χ3v) is 2.82. The third-order valence-electron chi connectivity index (χ3n) is 2.82. The molecule has 0 saturated heterocycles. The molecule has 0 radical (unpaired) electrons. The van der Waals surface area contributed by atoms with Crippen LogP contribution in [0.5, 0.6) is 5.75 Å². The molecule has 1 aromatic carbocycles. The molecular weight excluding hydrogens is 256 g/mol. The predicted octanol–water partition coefficient (Wildman–Crippen LogP) is 1.53. The number of benzene rings is 1. The standard InChI is InChI=1S/C15H16N2O3/c1-17(9-10-20-13-5-3-2-4-6-13)15(19)12-7-8-14(18)16-11-12/h2-8,11H,9-10H2,1H3,(H,16,18). The molecule has 1 N–H and O–H groups in total. The molecule has 0 unspecified atom stereocenters. The van der Waals surface area contributed by atoms with Gasteiger partial charge >= 0.3 is 0 Å². The fourth-order valence-electron chi connectivity index (χ4n) is 1.68. The summed E-state index contributed by atoms with van der Waals surface area (Å²) in [5.74, 6) is 0.621. The first-order valence-corrected chi connectivity index (χ1v) is 6.29. The number of hydrogen-bond donors (Lipinski definition) is 1. The number of carbonyl (C=O) groups excluding carboxylic acids is 1. The third kappa shape index (κ3) is 3.71. The molecule has 2 rings (SSSR count). The van der Waals surface area contributed by atoms with E-state index < -0.39 is 0 Å². The quantitative estimate of drug-likeness (QED) is 0.897. The first kappa shape index (κ1) is 13.9. The van der Waals surface area contributed by atoms with Crippen molar-refractivity contribution in [2.75, 3.05) is 20.2 Å². The molecule has 0 aliphatic heterocycles. The van der Waals surface area contributed by atoms with Gasteiger partial charge in [-0.2, -0.15) is 0 Å². The highest BCUT2D eigenvalue weighted by Crippen LogP contribution is 2.08. The zero-order chi connectivity index (χ0) is 14.4. The number of amides is 1. The van der Waals surface area contributed by atoms with Gasteiger partial charge < -0.3 is 14.6 Å². The molecule has 0 saturated carbocycles. The van der Waals surface area contributed by atoms with Crippen LogP contribution in [0.3, 0.4) is 0 Å². The van der Waals surface area contributed by atoms with Gasteiger partial charge in [-0.1, -0.05) is 18.2 Å². The molecule has 2 aromatic rings. The highest BCUT2D eigenvalue weighted by molar-refractivity contribution is 5.93. The van der Waals surface area contributed by atoms with E-state index in [4.69, 9.17) is 4.74 Å². The van der Waals surface area contributed by atoms with Crippen LogP contribution in [0.25, 0.3) is 0 Å². The van der Waals surface area contributed by atoms with E-state index in [0.717, 1.165) is 5.75 Å². The summed E-state index contributed by atoms with van der Waals surface area (Å²) in [5.41, 5.74) is 0.225. The zero-order valence-electron chi connectivity index (χ0n) is 11.2. The van der Waals surface area contributed by atoms with Crippen molar-refractivity contribution in [3.05, 3.63) is 64.6 Å². The molecule has 0 bridgehead atoms. The van der Waals surface area contributed by atoms with E-state index in [2.05, 4.69) is 4.98 Å². The van der Waals surface area contributed by atoms with Crippen LogP contribution in [0, 0.1) is 0 Å². The Morgan fingerprint density at radius 3 is 2.60 bits per heavy atom. The Morgan fingerprint density at radius 1 is 1.20 bits per heavy atom. The van der Waals surface area contributed by atoms with E-state index in [1.165, 1.54) is 18.3 Å². The number of aromatic amines is 1. The monoisotopic (exact) mass is 272 g/mol. The minimum absolute atomic E-state index is 0.155. The number of aromatic nitrogens is 1. The minimum Gasteiger partial charge on any atom is -0.492 e. The van der Waals surface area contributed by atoms with Crippen LogP contribution >= 0.6 is 0 Å². The average molecular weight is 272 g/mol. The van der Waals surface area contributed by atoms with E-state index >= 15 is 0 Å². The van der Waals surface area contributed by atoms with Crippen molar-refractivity contribution in [2.24, 2.45) is 0 Å². The molecule has 5 nitrogen and oxygen atoms in total. The molecule has 1 amide bonds. The van der Waals surface area contributed by atoms with Gasteiger partial charge in [0.05, 0.1) is 12.1 Å². The number of ether oxygens (including phenoxy) is 1. The van der Waals surface area contributed by atoms with Crippen molar-refractivity contribution in [2.45, 2.75) is 0 Å². The summed E-state index contributed by atoms with van der Waals surface area (Å²) in [6.07, 6.45) is 1.42. The van der Waals surface area contributed by atoms with Gasteiger partial charge in [-0.3, -0.25) is 9.59 Å². The number of nitrogens with one attached hydrogen (secondary N) is 1.